The molecule has 2 nitrogen and oxygen atoms in total. The highest BCUT2D eigenvalue weighted by Crippen LogP contribution is 2.31. The van der Waals surface area contributed by atoms with E-state index in [-0.39, 0.29) is 6.10 Å². The number of phenols is 1. The van der Waals surface area contributed by atoms with E-state index in [0.29, 0.717) is 12.4 Å². The van der Waals surface area contributed by atoms with Crippen LogP contribution < -0.4 is 0 Å². The molecular weight excluding hydrogens is 200 g/mol. The van der Waals surface area contributed by atoms with Crippen LogP contribution in [0, 0.1) is 0 Å². The van der Waals surface area contributed by atoms with E-state index >= 15 is 0 Å². The van der Waals surface area contributed by atoms with Gasteiger partial charge in [0.05, 0.1) is 6.10 Å². The fourth-order valence-corrected chi connectivity index (χ4v) is 2.00. The van der Waals surface area contributed by atoms with Crippen molar-refractivity contribution in [2.75, 3.05) is 6.61 Å². The Labute approximate surface area is 95.5 Å². The summed E-state index contributed by atoms with van der Waals surface area (Å²) in [5, 5.41) is 11.7. The van der Waals surface area contributed by atoms with Gasteiger partial charge in [0.15, 0.2) is 0 Å². The Morgan fingerprint density at radius 1 is 1.12 bits per heavy atom. The molecule has 2 rings (SSSR count). The number of rotatable bonds is 3. The van der Waals surface area contributed by atoms with Crippen molar-refractivity contribution in [3.63, 3.8) is 0 Å². The van der Waals surface area contributed by atoms with Crippen molar-refractivity contribution in [2.24, 2.45) is 0 Å². The first kappa shape index (κ1) is 11.0. The van der Waals surface area contributed by atoms with Gasteiger partial charge >= 0.3 is 0 Å². The molecule has 2 aromatic rings. The van der Waals surface area contributed by atoms with Crippen molar-refractivity contribution < 1.29 is 9.84 Å². The third-order valence-corrected chi connectivity index (χ3v) is 2.79. The molecule has 0 fully saturated rings. The maximum atomic E-state index is 9.77. The minimum atomic E-state index is 0.0514. The normalized spacial score (nSPS) is 12.9. The van der Waals surface area contributed by atoms with Crippen LogP contribution in [0.1, 0.15) is 25.5 Å². The summed E-state index contributed by atoms with van der Waals surface area (Å²) < 4.78 is 5.59. The smallest absolute Gasteiger partial charge is 0.123 e. The van der Waals surface area contributed by atoms with Crippen molar-refractivity contribution in [3.8, 4) is 5.75 Å². The molecule has 2 heteroatoms. The van der Waals surface area contributed by atoms with Crippen LogP contribution in [0.5, 0.6) is 5.75 Å². The predicted octanol–water partition coefficient (Wildman–Crippen LogP) is 3.64. The quantitative estimate of drug-likeness (QED) is 0.848. The molecule has 1 atom stereocenters. The SMILES string of the molecule is CCOC(C)c1ccc(O)c2ccccc12. The van der Waals surface area contributed by atoms with Crippen LogP contribution >= 0.6 is 0 Å². The maximum Gasteiger partial charge on any atom is 0.123 e. The Morgan fingerprint density at radius 3 is 2.50 bits per heavy atom. The second kappa shape index (κ2) is 4.54. The van der Waals surface area contributed by atoms with Gasteiger partial charge in [-0.1, -0.05) is 30.3 Å². The summed E-state index contributed by atoms with van der Waals surface area (Å²) in [6.45, 7) is 4.71. The van der Waals surface area contributed by atoms with Gasteiger partial charge in [0.25, 0.3) is 0 Å². The Kier molecular flexibility index (Phi) is 3.11. The monoisotopic (exact) mass is 216 g/mol. The second-order valence-corrected chi connectivity index (χ2v) is 3.82. The van der Waals surface area contributed by atoms with E-state index in [4.69, 9.17) is 4.74 Å². The first-order chi connectivity index (χ1) is 7.74. The summed E-state index contributed by atoms with van der Waals surface area (Å²) in [7, 11) is 0. The molecule has 0 aliphatic carbocycles. The van der Waals surface area contributed by atoms with Crippen LogP contribution in [0.2, 0.25) is 0 Å². The summed E-state index contributed by atoms with van der Waals surface area (Å²) in [5.41, 5.74) is 1.12. The van der Waals surface area contributed by atoms with Crippen LogP contribution in [0.4, 0.5) is 0 Å². The minimum Gasteiger partial charge on any atom is -0.507 e. The highest BCUT2D eigenvalue weighted by molar-refractivity contribution is 5.91. The molecule has 0 saturated carbocycles. The average Bonchev–Trinajstić information content (AvgIpc) is 2.30. The third-order valence-electron chi connectivity index (χ3n) is 2.79. The van der Waals surface area contributed by atoms with Gasteiger partial charge in [0.2, 0.25) is 0 Å². The van der Waals surface area contributed by atoms with Gasteiger partial charge in [-0.15, -0.1) is 0 Å². The van der Waals surface area contributed by atoms with E-state index in [1.807, 2.05) is 44.2 Å². The zero-order chi connectivity index (χ0) is 11.5. The molecule has 0 spiro atoms. The lowest BCUT2D eigenvalue weighted by atomic mass is 10.0. The van der Waals surface area contributed by atoms with Crippen LogP contribution in [0.3, 0.4) is 0 Å². The molecule has 0 aliphatic rings. The summed E-state index contributed by atoms with van der Waals surface area (Å²) in [6, 6.07) is 11.5. The fourth-order valence-electron chi connectivity index (χ4n) is 2.00. The lowest BCUT2D eigenvalue weighted by molar-refractivity contribution is 0.0774. The minimum absolute atomic E-state index is 0.0514. The number of ether oxygens (including phenoxy) is 1. The lowest BCUT2D eigenvalue weighted by Crippen LogP contribution is -2.00. The summed E-state index contributed by atoms with van der Waals surface area (Å²) in [4.78, 5) is 0. The Balaban J connectivity index is 2.58. The van der Waals surface area contributed by atoms with Crippen molar-refractivity contribution >= 4 is 10.8 Å². The van der Waals surface area contributed by atoms with Crippen molar-refractivity contribution in [3.05, 3.63) is 42.0 Å². The van der Waals surface area contributed by atoms with Gasteiger partial charge < -0.3 is 9.84 Å². The molecule has 0 bridgehead atoms. The molecule has 0 radical (unpaired) electrons. The number of aromatic hydroxyl groups is 1. The molecule has 0 amide bonds. The lowest BCUT2D eigenvalue weighted by Gasteiger charge is -2.15. The molecule has 0 aromatic heterocycles. The van der Waals surface area contributed by atoms with E-state index < -0.39 is 0 Å². The maximum absolute atomic E-state index is 9.77. The van der Waals surface area contributed by atoms with E-state index in [0.717, 1.165) is 16.3 Å². The zero-order valence-electron chi connectivity index (χ0n) is 9.60. The Hall–Kier alpha value is -1.54. The van der Waals surface area contributed by atoms with Gasteiger partial charge in [-0.05, 0) is 30.9 Å². The van der Waals surface area contributed by atoms with Gasteiger partial charge in [0, 0.05) is 12.0 Å². The molecule has 0 aliphatic heterocycles. The largest absolute Gasteiger partial charge is 0.507 e. The molecule has 1 N–H and O–H groups in total. The fraction of sp³-hybridized carbons (Fsp3) is 0.286. The van der Waals surface area contributed by atoms with Gasteiger partial charge in [-0.3, -0.25) is 0 Å². The first-order valence-electron chi connectivity index (χ1n) is 5.56. The van der Waals surface area contributed by atoms with Crippen molar-refractivity contribution in [2.45, 2.75) is 20.0 Å². The number of phenolic OH excluding ortho intramolecular Hbond substituents is 1. The number of benzene rings is 2. The van der Waals surface area contributed by atoms with Crippen LogP contribution in [0.15, 0.2) is 36.4 Å². The topological polar surface area (TPSA) is 29.5 Å². The molecule has 0 heterocycles. The third kappa shape index (κ3) is 1.89. The average molecular weight is 216 g/mol. The number of fused-ring (bicyclic) bond motifs is 1. The molecule has 2 aromatic carbocycles. The van der Waals surface area contributed by atoms with E-state index in [1.165, 1.54) is 0 Å². The highest BCUT2D eigenvalue weighted by atomic mass is 16.5. The standard InChI is InChI=1S/C14H16O2/c1-3-16-10(2)11-8-9-14(15)13-7-5-4-6-12(11)13/h4-10,15H,3H2,1-2H3. The van der Waals surface area contributed by atoms with Crippen molar-refractivity contribution in [1.82, 2.24) is 0 Å². The first-order valence-corrected chi connectivity index (χ1v) is 5.56. The van der Waals surface area contributed by atoms with Gasteiger partial charge in [0.1, 0.15) is 5.75 Å². The van der Waals surface area contributed by atoms with Crippen molar-refractivity contribution in [1.29, 1.82) is 0 Å². The molecule has 1 unspecified atom stereocenters. The highest BCUT2D eigenvalue weighted by Gasteiger charge is 2.10. The van der Waals surface area contributed by atoms with Crippen LogP contribution in [-0.2, 0) is 4.74 Å². The summed E-state index contributed by atoms with van der Waals surface area (Å²) in [6.07, 6.45) is 0.0514. The molecule has 0 saturated heterocycles. The zero-order valence-corrected chi connectivity index (χ0v) is 9.60. The van der Waals surface area contributed by atoms with E-state index in [9.17, 15) is 5.11 Å². The molecular formula is C14H16O2. The Morgan fingerprint density at radius 2 is 1.81 bits per heavy atom. The summed E-state index contributed by atoms with van der Waals surface area (Å²) in [5.74, 6) is 0.322. The number of hydrogen-bond acceptors (Lipinski definition) is 2. The molecule has 84 valence electrons. The van der Waals surface area contributed by atoms with Crippen LogP contribution in [-0.4, -0.2) is 11.7 Å². The van der Waals surface area contributed by atoms with E-state index in [2.05, 4.69) is 0 Å². The van der Waals surface area contributed by atoms with Crippen LogP contribution in [0.25, 0.3) is 10.8 Å². The van der Waals surface area contributed by atoms with Gasteiger partial charge in [-0.25, -0.2) is 0 Å². The molecule has 16 heavy (non-hydrogen) atoms. The summed E-state index contributed by atoms with van der Waals surface area (Å²) >= 11 is 0. The predicted molar refractivity (Wildman–Crippen MR) is 65.7 cm³/mol. The van der Waals surface area contributed by atoms with E-state index in [1.54, 1.807) is 6.07 Å². The van der Waals surface area contributed by atoms with Gasteiger partial charge in [-0.2, -0.15) is 0 Å². The Bertz CT molecular complexity index is 491. The number of hydrogen-bond donors (Lipinski definition) is 1. The second-order valence-electron chi connectivity index (χ2n) is 3.82.